The third kappa shape index (κ3) is 12.4. The van der Waals surface area contributed by atoms with Crippen LogP contribution in [0, 0.1) is 5.92 Å². The number of benzene rings is 1. The van der Waals surface area contributed by atoms with Crippen molar-refractivity contribution in [1.29, 1.82) is 0 Å². The van der Waals surface area contributed by atoms with Crippen LogP contribution in [0.5, 0.6) is 5.75 Å². The predicted octanol–water partition coefficient (Wildman–Crippen LogP) is 1.86. The van der Waals surface area contributed by atoms with Crippen molar-refractivity contribution in [3.63, 3.8) is 0 Å². The highest BCUT2D eigenvalue weighted by Gasteiger charge is 2.17. The Morgan fingerprint density at radius 2 is 1.89 bits per heavy atom. The summed E-state index contributed by atoms with van der Waals surface area (Å²) in [6.07, 6.45) is 0.839. The van der Waals surface area contributed by atoms with Crippen molar-refractivity contribution in [1.82, 2.24) is 0 Å². The summed E-state index contributed by atoms with van der Waals surface area (Å²) in [5, 5.41) is 29.7. The fourth-order valence-electron chi connectivity index (χ4n) is 1.97. The molecule has 8 nitrogen and oxygen atoms in total. The first-order valence-corrected chi connectivity index (χ1v) is 9.23. The van der Waals surface area contributed by atoms with Gasteiger partial charge < -0.3 is 34.9 Å². The van der Waals surface area contributed by atoms with Crippen molar-refractivity contribution in [3.05, 3.63) is 23.8 Å². The van der Waals surface area contributed by atoms with Crippen molar-refractivity contribution < 1.29 is 34.4 Å². The average molecular weight is 399 g/mol. The highest BCUT2D eigenvalue weighted by atomic mass is 16.5. The van der Waals surface area contributed by atoms with Crippen LogP contribution in [0.25, 0.3) is 0 Å². The van der Waals surface area contributed by atoms with Crippen LogP contribution >= 0.6 is 0 Å². The van der Waals surface area contributed by atoms with Gasteiger partial charge in [0.15, 0.2) is 0 Å². The molecule has 1 heterocycles. The fraction of sp³-hybridized carbons (Fsp3) is 0.600. The molecule has 0 spiro atoms. The van der Waals surface area contributed by atoms with Crippen LogP contribution in [0.3, 0.4) is 0 Å². The largest absolute Gasteiger partial charge is 0.506 e. The van der Waals surface area contributed by atoms with Crippen LogP contribution in [0.1, 0.15) is 39.2 Å². The number of phenols is 1. The monoisotopic (exact) mass is 399 g/mol. The van der Waals surface area contributed by atoms with Crippen LogP contribution in [-0.4, -0.2) is 60.0 Å². The van der Waals surface area contributed by atoms with E-state index < -0.39 is 12.2 Å². The zero-order chi connectivity index (χ0) is 21.5. The Balaban J connectivity index is 0.000000466. The Morgan fingerprint density at radius 1 is 1.32 bits per heavy atom. The maximum atomic E-state index is 11.1. The Kier molecular flexibility index (Phi) is 13.9. The van der Waals surface area contributed by atoms with E-state index in [2.05, 4.69) is 5.32 Å². The molecule has 1 fully saturated rings. The third-order valence-corrected chi connectivity index (χ3v) is 3.40. The number of aliphatic hydroxyl groups is 2. The van der Waals surface area contributed by atoms with Crippen molar-refractivity contribution >= 4 is 17.9 Å². The van der Waals surface area contributed by atoms with Gasteiger partial charge in [-0.3, -0.25) is 4.79 Å². The molecule has 0 radical (unpaired) electrons. The molecule has 1 aromatic rings. The summed E-state index contributed by atoms with van der Waals surface area (Å²) < 4.78 is 9.75. The second-order valence-electron chi connectivity index (χ2n) is 6.65. The minimum Gasteiger partial charge on any atom is -0.506 e. The van der Waals surface area contributed by atoms with Crippen molar-refractivity contribution in [2.45, 2.75) is 52.4 Å². The number of aromatic hydroxyl groups is 1. The molecule has 1 aromatic carbocycles. The van der Waals surface area contributed by atoms with Gasteiger partial charge in [-0.25, -0.2) is 0 Å². The van der Waals surface area contributed by atoms with Gasteiger partial charge in [0.25, 0.3) is 0 Å². The predicted molar refractivity (Wildman–Crippen MR) is 106 cm³/mol. The van der Waals surface area contributed by atoms with E-state index >= 15 is 0 Å². The number of aldehydes is 1. The number of ether oxygens (including phenoxy) is 2. The molecule has 2 atom stereocenters. The maximum Gasteiger partial charge on any atom is 0.224 e. The Morgan fingerprint density at radius 3 is 2.29 bits per heavy atom. The molecular formula is C20H33NO7. The summed E-state index contributed by atoms with van der Waals surface area (Å²) >= 11 is 0. The number of hydrogen-bond acceptors (Lipinski definition) is 7. The number of amides is 1. The molecule has 160 valence electrons. The molecule has 1 saturated heterocycles. The summed E-state index contributed by atoms with van der Waals surface area (Å²) in [5.41, 5.74) is 1.33. The minimum absolute atomic E-state index is 0.0663. The van der Waals surface area contributed by atoms with Gasteiger partial charge in [-0.2, -0.15) is 0 Å². The smallest absolute Gasteiger partial charge is 0.224 e. The molecule has 2 rings (SSSR count). The number of hydrogen-bond donors (Lipinski definition) is 4. The highest BCUT2D eigenvalue weighted by molar-refractivity contribution is 5.92. The van der Waals surface area contributed by atoms with Gasteiger partial charge >= 0.3 is 0 Å². The maximum absolute atomic E-state index is 11.1. The van der Waals surface area contributed by atoms with Gasteiger partial charge in [-0.15, -0.1) is 0 Å². The van der Waals surface area contributed by atoms with Crippen LogP contribution < -0.4 is 5.32 Å². The molecule has 0 aromatic heterocycles. The van der Waals surface area contributed by atoms with Crippen molar-refractivity contribution in [2.24, 2.45) is 5.92 Å². The van der Waals surface area contributed by atoms with E-state index in [1.807, 2.05) is 13.8 Å². The first-order chi connectivity index (χ1) is 13.2. The molecule has 4 N–H and O–H groups in total. The lowest BCUT2D eigenvalue weighted by atomic mass is 10.1. The number of methoxy groups -OCH3 is 1. The summed E-state index contributed by atoms with van der Waals surface area (Å²) in [6.45, 7) is 6.66. The number of rotatable bonds is 5. The van der Waals surface area contributed by atoms with Gasteiger partial charge in [0.05, 0.1) is 37.7 Å². The Hall–Kier alpha value is -2.00. The molecule has 8 heteroatoms. The molecule has 0 saturated carbocycles. The molecule has 0 bridgehead atoms. The van der Waals surface area contributed by atoms with E-state index in [-0.39, 0.29) is 17.6 Å². The number of phenolic OH excluding ortho intramolecular Hbond substituents is 1. The van der Waals surface area contributed by atoms with Crippen LogP contribution in [0.15, 0.2) is 18.2 Å². The number of carbonyl (C=O) groups is 2. The van der Waals surface area contributed by atoms with Gasteiger partial charge in [-0.05, 0) is 17.7 Å². The number of aliphatic hydroxyl groups excluding tert-OH is 2. The van der Waals surface area contributed by atoms with E-state index in [1.165, 1.54) is 0 Å². The second-order valence-corrected chi connectivity index (χ2v) is 6.65. The van der Waals surface area contributed by atoms with E-state index in [4.69, 9.17) is 19.7 Å². The Bertz CT molecular complexity index is 570. The van der Waals surface area contributed by atoms with E-state index in [0.717, 1.165) is 11.8 Å². The fourth-order valence-corrected chi connectivity index (χ4v) is 1.97. The van der Waals surface area contributed by atoms with Gasteiger partial charge in [-0.1, -0.05) is 26.8 Å². The van der Waals surface area contributed by atoms with Crippen molar-refractivity contribution in [2.75, 3.05) is 25.6 Å². The number of nitrogens with one attached hydrogen (secondary N) is 1. The first-order valence-electron chi connectivity index (χ1n) is 9.23. The molecular weight excluding hydrogens is 366 g/mol. The summed E-state index contributed by atoms with van der Waals surface area (Å²) in [5.74, 6) is 0.145. The molecule has 0 aliphatic carbocycles. The zero-order valence-electron chi connectivity index (χ0n) is 17.1. The SMILES string of the molecule is CC(C)C=O.CCC(=O)Nc1cc(COC)ccc1O.OC1COCC(O)C1. The second kappa shape index (κ2) is 15.0. The first kappa shape index (κ1) is 26.0. The van der Waals surface area contributed by atoms with Gasteiger partial charge in [0.2, 0.25) is 5.91 Å². The number of carbonyl (C=O) groups excluding carboxylic acids is 2. The quantitative estimate of drug-likeness (QED) is 0.440. The van der Waals surface area contributed by atoms with Crippen molar-refractivity contribution in [3.8, 4) is 5.75 Å². The molecule has 2 unspecified atom stereocenters. The van der Waals surface area contributed by atoms with Gasteiger partial charge in [0, 0.05) is 25.9 Å². The summed E-state index contributed by atoms with van der Waals surface area (Å²) in [6, 6.07) is 4.99. The molecule has 1 aliphatic rings. The molecule has 28 heavy (non-hydrogen) atoms. The lowest BCUT2D eigenvalue weighted by Gasteiger charge is -2.21. The third-order valence-electron chi connectivity index (χ3n) is 3.40. The standard InChI is InChI=1S/C11H15NO3.C5H10O3.C4H8O/c1-3-11(14)12-9-6-8(7-15-2)4-5-10(9)13;6-4-1-5(7)3-8-2-4;1-4(2)3-5/h4-6,13H,3,7H2,1-2H3,(H,12,14);4-7H,1-3H2;3-4H,1-2H3. The van der Waals surface area contributed by atoms with Crippen LogP contribution in [-0.2, 0) is 25.7 Å². The van der Waals surface area contributed by atoms with E-state index in [1.54, 1.807) is 32.2 Å². The topological polar surface area (TPSA) is 125 Å². The minimum atomic E-state index is -0.459. The van der Waals surface area contributed by atoms with Crippen LogP contribution in [0.2, 0.25) is 0 Å². The molecule has 1 aliphatic heterocycles. The van der Waals surface area contributed by atoms with Gasteiger partial charge in [0.1, 0.15) is 12.0 Å². The summed E-state index contributed by atoms with van der Waals surface area (Å²) in [7, 11) is 1.59. The van der Waals surface area contributed by atoms with Crippen LogP contribution in [0.4, 0.5) is 5.69 Å². The Labute approximate surface area is 166 Å². The lowest BCUT2D eigenvalue weighted by Crippen LogP contribution is -2.32. The highest BCUT2D eigenvalue weighted by Crippen LogP contribution is 2.24. The normalized spacial score (nSPS) is 18.2. The molecule has 1 amide bonds. The number of anilines is 1. The van der Waals surface area contributed by atoms with E-state index in [9.17, 15) is 14.7 Å². The average Bonchev–Trinajstić information content (AvgIpc) is 2.65. The summed E-state index contributed by atoms with van der Waals surface area (Å²) in [4.78, 5) is 20.7. The zero-order valence-corrected chi connectivity index (χ0v) is 17.1. The lowest BCUT2D eigenvalue weighted by molar-refractivity contribution is -0.116. The van der Waals surface area contributed by atoms with E-state index in [0.29, 0.717) is 38.3 Å².